The minimum absolute atomic E-state index is 0.0259. The molecule has 0 atom stereocenters. The van der Waals surface area contributed by atoms with Crippen LogP contribution in [0.15, 0.2) is 18.3 Å². The van der Waals surface area contributed by atoms with Crippen molar-refractivity contribution in [3.05, 3.63) is 28.4 Å². The van der Waals surface area contributed by atoms with Crippen molar-refractivity contribution >= 4 is 11.5 Å². The molecule has 0 aliphatic heterocycles. The van der Waals surface area contributed by atoms with Crippen LogP contribution in [0, 0.1) is 10.1 Å². The van der Waals surface area contributed by atoms with Gasteiger partial charge in [-0.15, -0.1) is 0 Å². The Morgan fingerprint density at radius 1 is 1.59 bits per heavy atom. The number of alkyl halides is 2. The molecule has 0 bridgehead atoms. The van der Waals surface area contributed by atoms with E-state index in [1.165, 1.54) is 18.3 Å². The number of nitrogens with one attached hydrogen (secondary N) is 1. The highest BCUT2D eigenvalue weighted by Gasteiger charge is 2.13. The van der Waals surface area contributed by atoms with Crippen LogP contribution < -0.4 is 5.32 Å². The quantitative estimate of drug-likeness (QED) is 0.450. The average molecular weight is 247 g/mol. The first-order valence-corrected chi connectivity index (χ1v) is 4.80. The molecule has 0 unspecified atom stereocenters. The molecule has 0 spiro atoms. The summed E-state index contributed by atoms with van der Waals surface area (Å²) in [5, 5.41) is 13.2. The van der Waals surface area contributed by atoms with Gasteiger partial charge in [-0.2, -0.15) is 0 Å². The molecule has 1 N–H and O–H groups in total. The number of ether oxygens (including phenoxy) is 1. The molecule has 0 saturated heterocycles. The number of nitro groups is 1. The summed E-state index contributed by atoms with van der Waals surface area (Å²) in [4.78, 5) is 13.8. The van der Waals surface area contributed by atoms with Crippen LogP contribution in [-0.4, -0.2) is 36.1 Å². The van der Waals surface area contributed by atoms with Crippen LogP contribution in [0.1, 0.15) is 0 Å². The zero-order valence-electron chi connectivity index (χ0n) is 8.81. The van der Waals surface area contributed by atoms with Crippen molar-refractivity contribution in [2.45, 2.75) is 6.43 Å². The van der Waals surface area contributed by atoms with E-state index in [1.54, 1.807) is 0 Å². The van der Waals surface area contributed by atoms with Crippen molar-refractivity contribution in [3.63, 3.8) is 0 Å². The molecule has 6 nitrogen and oxygen atoms in total. The van der Waals surface area contributed by atoms with Crippen molar-refractivity contribution in [1.29, 1.82) is 0 Å². The molecule has 0 saturated carbocycles. The number of rotatable bonds is 7. The summed E-state index contributed by atoms with van der Waals surface area (Å²) >= 11 is 0. The molecule has 0 radical (unpaired) electrons. The monoisotopic (exact) mass is 247 g/mol. The summed E-state index contributed by atoms with van der Waals surface area (Å²) in [6.45, 7) is -0.450. The minimum atomic E-state index is -2.51. The van der Waals surface area contributed by atoms with Gasteiger partial charge >= 0.3 is 5.69 Å². The van der Waals surface area contributed by atoms with Gasteiger partial charge < -0.3 is 10.1 Å². The summed E-state index contributed by atoms with van der Waals surface area (Å²) in [5.41, 5.74) is -0.165. The van der Waals surface area contributed by atoms with Crippen molar-refractivity contribution in [2.24, 2.45) is 0 Å². The Morgan fingerprint density at radius 2 is 2.35 bits per heavy atom. The van der Waals surface area contributed by atoms with Gasteiger partial charge in [0.05, 0.1) is 11.5 Å². The molecule has 1 aromatic heterocycles. The van der Waals surface area contributed by atoms with Crippen LogP contribution in [0.25, 0.3) is 0 Å². The van der Waals surface area contributed by atoms with E-state index in [1.807, 2.05) is 0 Å². The number of hydrogen-bond acceptors (Lipinski definition) is 5. The molecule has 94 valence electrons. The van der Waals surface area contributed by atoms with Crippen LogP contribution >= 0.6 is 0 Å². The Balaban J connectivity index is 2.39. The Morgan fingerprint density at radius 3 is 3.00 bits per heavy atom. The molecule has 0 aliphatic carbocycles. The van der Waals surface area contributed by atoms with Gasteiger partial charge in [0.2, 0.25) is 5.82 Å². The molecule has 0 aliphatic rings. The molecule has 1 heterocycles. The first-order valence-electron chi connectivity index (χ1n) is 4.80. The van der Waals surface area contributed by atoms with Gasteiger partial charge in [0, 0.05) is 18.8 Å². The minimum Gasteiger partial charge on any atom is -0.374 e. The van der Waals surface area contributed by atoms with Crippen LogP contribution in [0.3, 0.4) is 0 Å². The van der Waals surface area contributed by atoms with Gasteiger partial charge in [-0.05, 0) is 6.07 Å². The number of anilines is 1. The maximum absolute atomic E-state index is 11.7. The lowest BCUT2D eigenvalue weighted by molar-refractivity contribution is -0.384. The summed E-state index contributed by atoms with van der Waals surface area (Å²) in [7, 11) is 0. The Bertz CT molecular complexity index is 376. The fourth-order valence-electron chi connectivity index (χ4n) is 1.09. The van der Waals surface area contributed by atoms with Crippen molar-refractivity contribution < 1.29 is 18.4 Å². The third-order valence-corrected chi connectivity index (χ3v) is 1.77. The molecular formula is C9H11F2N3O3. The second-order valence-corrected chi connectivity index (χ2v) is 3.02. The maximum atomic E-state index is 11.7. The SMILES string of the molecule is O=[N+]([O-])c1cccnc1NCCOCC(F)F. The van der Waals surface area contributed by atoms with Crippen LogP contribution in [-0.2, 0) is 4.74 Å². The predicted octanol–water partition coefficient (Wildman–Crippen LogP) is 1.68. The van der Waals surface area contributed by atoms with Crippen LogP contribution in [0.2, 0.25) is 0 Å². The van der Waals surface area contributed by atoms with Crippen LogP contribution in [0.4, 0.5) is 20.3 Å². The molecule has 17 heavy (non-hydrogen) atoms. The second kappa shape index (κ2) is 6.69. The Labute approximate surface area is 95.8 Å². The van der Waals surface area contributed by atoms with Gasteiger partial charge in [-0.1, -0.05) is 0 Å². The zero-order chi connectivity index (χ0) is 12.7. The van der Waals surface area contributed by atoms with E-state index < -0.39 is 18.0 Å². The van der Waals surface area contributed by atoms with Gasteiger partial charge in [0.1, 0.15) is 6.61 Å². The first kappa shape index (κ1) is 13.2. The lowest BCUT2D eigenvalue weighted by Gasteiger charge is -2.06. The van der Waals surface area contributed by atoms with E-state index in [0.29, 0.717) is 0 Å². The zero-order valence-corrected chi connectivity index (χ0v) is 8.81. The van der Waals surface area contributed by atoms with Gasteiger partial charge in [-0.25, -0.2) is 13.8 Å². The number of pyridine rings is 1. The fraction of sp³-hybridized carbons (Fsp3) is 0.444. The van der Waals surface area contributed by atoms with Crippen LogP contribution in [0.5, 0.6) is 0 Å². The number of hydrogen-bond donors (Lipinski definition) is 1. The van der Waals surface area contributed by atoms with E-state index in [-0.39, 0.29) is 24.7 Å². The summed E-state index contributed by atoms with van der Waals surface area (Å²) in [6.07, 6.45) is -1.12. The molecule has 1 rings (SSSR count). The molecule has 1 aromatic rings. The topological polar surface area (TPSA) is 77.3 Å². The summed E-state index contributed by atoms with van der Waals surface area (Å²) < 4.78 is 28.0. The van der Waals surface area contributed by atoms with E-state index in [9.17, 15) is 18.9 Å². The molecule has 0 fully saturated rings. The van der Waals surface area contributed by atoms with E-state index in [0.717, 1.165) is 0 Å². The van der Waals surface area contributed by atoms with E-state index in [2.05, 4.69) is 15.0 Å². The summed E-state index contributed by atoms with van der Waals surface area (Å²) in [5.74, 6) is 0.0955. The number of halogens is 2. The lowest BCUT2D eigenvalue weighted by Crippen LogP contribution is -2.14. The number of aromatic nitrogens is 1. The highest BCUT2D eigenvalue weighted by atomic mass is 19.3. The van der Waals surface area contributed by atoms with E-state index in [4.69, 9.17) is 0 Å². The highest BCUT2D eigenvalue weighted by molar-refractivity contribution is 5.54. The fourth-order valence-corrected chi connectivity index (χ4v) is 1.09. The third kappa shape index (κ3) is 4.68. The summed E-state index contributed by atoms with van der Waals surface area (Å²) in [6, 6.07) is 2.74. The third-order valence-electron chi connectivity index (χ3n) is 1.77. The number of nitrogens with zero attached hydrogens (tertiary/aromatic N) is 2. The van der Waals surface area contributed by atoms with Gasteiger partial charge in [0.15, 0.2) is 0 Å². The van der Waals surface area contributed by atoms with Crippen molar-refractivity contribution in [2.75, 3.05) is 25.1 Å². The molecule has 0 amide bonds. The first-order chi connectivity index (χ1) is 8.11. The van der Waals surface area contributed by atoms with E-state index >= 15 is 0 Å². The van der Waals surface area contributed by atoms with Crippen molar-refractivity contribution in [3.8, 4) is 0 Å². The lowest BCUT2D eigenvalue weighted by atomic mass is 10.4. The van der Waals surface area contributed by atoms with Gasteiger partial charge in [0.25, 0.3) is 6.43 Å². The predicted molar refractivity (Wildman–Crippen MR) is 56.2 cm³/mol. The maximum Gasteiger partial charge on any atom is 0.311 e. The molecule has 8 heteroatoms. The largest absolute Gasteiger partial charge is 0.374 e. The Hall–Kier alpha value is -1.83. The standard InChI is InChI=1S/C9H11F2N3O3/c10-8(11)6-17-5-4-13-9-7(14(15)16)2-1-3-12-9/h1-3,8H,4-6H2,(H,12,13). The Kier molecular flexibility index (Phi) is 5.21. The molecular weight excluding hydrogens is 236 g/mol. The average Bonchev–Trinajstić information content (AvgIpc) is 2.28. The smallest absolute Gasteiger partial charge is 0.311 e. The molecule has 0 aromatic carbocycles. The van der Waals surface area contributed by atoms with Gasteiger partial charge in [-0.3, -0.25) is 10.1 Å². The highest BCUT2D eigenvalue weighted by Crippen LogP contribution is 2.19. The normalized spacial score (nSPS) is 10.5. The van der Waals surface area contributed by atoms with Crippen molar-refractivity contribution in [1.82, 2.24) is 4.98 Å². The second-order valence-electron chi connectivity index (χ2n) is 3.02.